The molecule has 0 saturated heterocycles. The van der Waals surface area contributed by atoms with Gasteiger partial charge in [0.15, 0.2) is 0 Å². The second-order valence-corrected chi connectivity index (χ2v) is 5.78. The second kappa shape index (κ2) is 7.82. The van der Waals surface area contributed by atoms with Crippen molar-refractivity contribution < 1.29 is 19.1 Å². The van der Waals surface area contributed by atoms with Crippen LogP contribution in [0.1, 0.15) is 34.8 Å². The fourth-order valence-corrected chi connectivity index (χ4v) is 2.79. The standard InChI is InChI=1S/C20H20N2O4/c1-3-26-19(23)12-18(14-8-10-16(25-2)11-9-14)21-22-13-15-6-4-5-7-17(15)20(22)24/h4-11H,3,12-13H2,1-2H3. The van der Waals surface area contributed by atoms with Crippen LogP contribution < -0.4 is 4.74 Å². The smallest absolute Gasteiger partial charge is 0.311 e. The molecule has 1 aliphatic heterocycles. The number of carbonyl (C=O) groups excluding carboxylic acids is 2. The maximum atomic E-state index is 12.6. The zero-order valence-corrected chi connectivity index (χ0v) is 14.8. The van der Waals surface area contributed by atoms with E-state index < -0.39 is 0 Å². The van der Waals surface area contributed by atoms with E-state index in [1.54, 1.807) is 32.2 Å². The van der Waals surface area contributed by atoms with Crippen LogP contribution in [0.25, 0.3) is 0 Å². The minimum absolute atomic E-state index is 0.0136. The van der Waals surface area contributed by atoms with Gasteiger partial charge in [-0.1, -0.05) is 18.2 Å². The van der Waals surface area contributed by atoms with Gasteiger partial charge in [-0.25, -0.2) is 5.01 Å². The number of nitrogens with zero attached hydrogens (tertiary/aromatic N) is 2. The summed E-state index contributed by atoms with van der Waals surface area (Å²) in [4.78, 5) is 24.6. The van der Waals surface area contributed by atoms with Gasteiger partial charge in [0.25, 0.3) is 5.91 Å². The van der Waals surface area contributed by atoms with Gasteiger partial charge in [0.05, 0.1) is 32.4 Å². The van der Waals surface area contributed by atoms with Gasteiger partial charge in [-0.05, 0) is 48.4 Å². The molecule has 0 fully saturated rings. The summed E-state index contributed by atoms with van der Waals surface area (Å²) in [6, 6.07) is 14.6. The van der Waals surface area contributed by atoms with Crippen molar-refractivity contribution in [2.24, 2.45) is 5.10 Å². The Labute approximate surface area is 152 Å². The van der Waals surface area contributed by atoms with E-state index in [-0.39, 0.29) is 18.3 Å². The van der Waals surface area contributed by atoms with Gasteiger partial charge >= 0.3 is 5.97 Å². The SMILES string of the molecule is CCOC(=O)CC(=NN1Cc2ccccc2C1=O)c1ccc(OC)cc1. The Bertz CT molecular complexity index is 843. The van der Waals surface area contributed by atoms with E-state index in [0.29, 0.717) is 30.2 Å². The summed E-state index contributed by atoms with van der Waals surface area (Å²) < 4.78 is 10.2. The Kier molecular flexibility index (Phi) is 5.31. The number of esters is 1. The molecule has 26 heavy (non-hydrogen) atoms. The zero-order chi connectivity index (χ0) is 18.5. The van der Waals surface area contributed by atoms with Gasteiger partial charge < -0.3 is 9.47 Å². The highest BCUT2D eigenvalue weighted by molar-refractivity contribution is 6.10. The van der Waals surface area contributed by atoms with Crippen LogP contribution in [-0.4, -0.2) is 36.3 Å². The van der Waals surface area contributed by atoms with Crippen molar-refractivity contribution in [3.05, 3.63) is 65.2 Å². The van der Waals surface area contributed by atoms with Gasteiger partial charge in [0, 0.05) is 5.56 Å². The van der Waals surface area contributed by atoms with Crippen molar-refractivity contribution in [3.63, 3.8) is 0 Å². The van der Waals surface area contributed by atoms with E-state index in [1.807, 2.05) is 30.3 Å². The second-order valence-electron chi connectivity index (χ2n) is 5.78. The molecule has 0 radical (unpaired) electrons. The van der Waals surface area contributed by atoms with Crippen molar-refractivity contribution in [1.29, 1.82) is 0 Å². The number of amides is 1. The molecule has 6 nitrogen and oxygen atoms in total. The van der Waals surface area contributed by atoms with Crippen LogP contribution in [0.2, 0.25) is 0 Å². The Morgan fingerprint density at radius 3 is 2.54 bits per heavy atom. The highest BCUT2D eigenvalue weighted by Gasteiger charge is 2.27. The number of ether oxygens (including phenoxy) is 2. The lowest BCUT2D eigenvalue weighted by Crippen LogP contribution is -2.22. The van der Waals surface area contributed by atoms with Crippen molar-refractivity contribution >= 4 is 17.6 Å². The lowest BCUT2D eigenvalue weighted by molar-refractivity contribution is -0.141. The lowest BCUT2D eigenvalue weighted by atomic mass is 10.1. The molecule has 0 N–H and O–H groups in total. The van der Waals surface area contributed by atoms with Gasteiger partial charge in [-0.15, -0.1) is 0 Å². The molecule has 1 heterocycles. The highest BCUT2D eigenvalue weighted by Crippen LogP contribution is 2.23. The molecule has 0 unspecified atom stereocenters. The van der Waals surface area contributed by atoms with E-state index in [0.717, 1.165) is 11.1 Å². The van der Waals surface area contributed by atoms with E-state index in [9.17, 15) is 9.59 Å². The molecule has 2 aromatic rings. The van der Waals surface area contributed by atoms with Crippen molar-refractivity contribution in [1.82, 2.24) is 5.01 Å². The number of methoxy groups -OCH3 is 1. The summed E-state index contributed by atoms with van der Waals surface area (Å²) in [6.07, 6.45) is -0.0136. The average Bonchev–Trinajstić information content (AvgIpc) is 2.97. The molecule has 1 aliphatic rings. The lowest BCUT2D eigenvalue weighted by Gasteiger charge is -2.13. The fraction of sp³-hybridized carbons (Fsp3) is 0.250. The maximum Gasteiger partial charge on any atom is 0.311 e. The molecule has 134 valence electrons. The van der Waals surface area contributed by atoms with Gasteiger partial charge in [0.2, 0.25) is 0 Å². The van der Waals surface area contributed by atoms with Gasteiger partial charge in [-0.3, -0.25) is 9.59 Å². The Morgan fingerprint density at radius 1 is 1.15 bits per heavy atom. The number of hydrogen-bond donors (Lipinski definition) is 0. The minimum Gasteiger partial charge on any atom is -0.497 e. The van der Waals surface area contributed by atoms with Crippen LogP contribution in [0, 0.1) is 0 Å². The van der Waals surface area contributed by atoms with Crippen LogP contribution in [0.15, 0.2) is 53.6 Å². The predicted octanol–water partition coefficient (Wildman–Crippen LogP) is 3.01. The first-order chi connectivity index (χ1) is 12.6. The van der Waals surface area contributed by atoms with Crippen molar-refractivity contribution in [2.75, 3.05) is 13.7 Å². The summed E-state index contributed by atoms with van der Waals surface area (Å²) in [5.74, 6) is 0.149. The molecular formula is C20H20N2O4. The zero-order valence-electron chi connectivity index (χ0n) is 14.8. The monoisotopic (exact) mass is 352 g/mol. The Hall–Kier alpha value is -3.15. The third-order valence-corrected chi connectivity index (χ3v) is 4.08. The number of carbonyl (C=O) groups is 2. The summed E-state index contributed by atoms with van der Waals surface area (Å²) in [5.41, 5.74) is 2.78. The summed E-state index contributed by atoms with van der Waals surface area (Å²) >= 11 is 0. The number of benzene rings is 2. The molecule has 6 heteroatoms. The third-order valence-electron chi connectivity index (χ3n) is 4.08. The van der Waals surface area contributed by atoms with Crippen molar-refractivity contribution in [2.45, 2.75) is 19.9 Å². The van der Waals surface area contributed by atoms with E-state index >= 15 is 0 Å². The quantitative estimate of drug-likeness (QED) is 0.592. The highest BCUT2D eigenvalue weighted by atomic mass is 16.5. The molecule has 0 atom stereocenters. The first kappa shape index (κ1) is 17.7. The minimum atomic E-state index is -0.383. The van der Waals surface area contributed by atoms with E-state index in [2.05, 4.69) is 5.10 Å². The van der Waals surface area contributed by atoms with Crippen molar-refractivity contribution in [3.8, 4) is 5.75 Å². The van der Waals surface area contributed by atoms with Crippen LogP contribution in [0.4, 0.5) is 0 Å². The largest absolute Gasteiger partial charge is 0.497 e. The summed E-state index contributed by atoms with van der Waals surface area (Å²) in [7, 11) is 1.59. The number of rotatable bonds is 6. The van der Waals surface area contributed by atoms with Crippen LogP contribution >= 0.6 is 0 Å². The number of fused-ring (bicyclic) bond motifs is 1. The molecule has 0 saturated carbocycles. The third kappa shape index (κ3) is 3.74. The van der Waals surface area contributed by atoms with Gasteiger partial charge in [0.1, 0.15) is 5.75 Å². The molecule has 1 amide bonds. The molecule has 0 aromatic heterocycles. The Morgan fingerprint density at radius 2 is 1.88 bits per heavy atom. The Balaban J connectivity index is 1.91. The molecule has 0 spiro atoms. The summed E-state index contributed by atoms with van der Waals surface area (Å²) in [6.45, 7) is 2.43. The summed E-state index contributed by atoms with van der Waals surface area (Å²) in [5, 5.41) is 5.87. The fourth-order valence-electron chi connectivity index (χ4n) is 2.79. The van der Waals surface area contributed by atoms with Gasteiger partial charge in [-0.2, -0.15) is 5.10 Å². The average molecular weight is 352 g/mol. The van der Waals surface area contributed by atoms with E-state index in [4.69, 9.17) is 9.47 Å². The predicted molar refractivity (Wildman–Crippen MR) is 97.1 cm³/mol. The van der Waals surface area contributed by atoms with Crippen LogP contribution in [0.3, 0.4) is 0 Å². The number of hydrogen-bond acceptors (Lipinski definition) is 5. The van der Waals surface area contributed by atoms with Crippen LogP contribution in [0.5, 0.6) is 5.75 Å². The van der Waals surface area contributed by atoms with Crippen LogP contribution in [-0.2, 0) is 16.1 Å². The molecule has 2 aromatic carbocycles. The molecule has 0 aliphatic carbocycles. The first-order valence-electron chi connectivity index (χ1n) is 8.39. The normalized spacial score (nSPS) is 13.5. The molecule has 3 rings (SSSR count). The molecule has 0 bridgehead atoms. The topological polar surface area (TPSA) is 68.2 Å². The molecular weight excluding hydrogens is 332 g/mol. The van der Waals surface area contributed by atoms with E-state index in [1.165, 1.54) is 5.01 Å². The first-order valence-corrected chi connectivity index (χ1v) is 8.39. The maximum absolute atomic E-state index is 12.6. The number of hydrazone groups is 1.